The van der Waals surface area contributed by atoms with Crippen LogP contribution in [0, 0.1) is 11.7 Å². The first-order valence-electron chi connectivity index (χ1n) is 6.80. The fraction of sp³-hybridized carbons (Fsp3) is 0.600. The molecule has 1 aromatic carbocycles. The molecular weight excluding hydrogens is 249 g/mol. The summed E-state index contributed by atoms with van der Waals surface area (Å²) in [5.41, 5.74) is 0.991. The van der Waals surface area contributed by atoms with Gasteiger partial charge in [0.05, 0.1) is 5.02 Å². The van der Waals surface area contributed by atoms with Crippen LogP contribution in [0.1, 0.15) is 51.6 Å². The van der Waals surface area contributed by atoms with Crippen LogP contribution in [-0.2, 0) is 0 Å². The monoisotopic (exact) mass is 271 g/mol. The van der Waals surface area contributed by atoms with Crippen LogP contribution < -0.4 is 5.32 Å². The Morgan fingerprint density at radius 3 is 2.39 bits per heavy atom. The third-order valence-corrected chi connectivity index (χ3v) is 3.83. The maximum absolute atomic E-state index is 13.5. The minimum atomic E-state index is -0.332. The smallest absolute Gasteiger partial charge is 0.142 e. The molecule has 18 heavy (non-hydrogen) atoms. The number of hydrogen-bond donors (Lipinski definition) is 1. The molecule has 0 aromatic heterocycles. The van der Waals surface area contributed by atoms with Crippen LogP contribution in [0.4, 0.5) is 4.39 Å². The molecule has 1 rings (SSSR count). The van der Waals surface area contributed by atoms with E-state index in [-0.39, 0.29) is 16.9 Å². The highest BCUT2D eigenvalue weighted by atomic mass is 35.5. The molecule has 1 N–H and O–H groups in total. The third kappa shape index (κ3) is 4.25. The van der Waals surface area contributed by atoms with Gasteiger partial charge in [-0.1, -0.05) is 51.3 Å². The lowest BCUT2D eigenvalue weighted by molar-refractivity contribution is 0.375. The number of nitrogens with one attached hydrogen (secondary N) is 1. The number of benzene rings is 1. The number of rotatable bonds is 7. The summed E-state index contributed by atoms with van der Waals surface area (Å²) in [5, 5.41) is 3.63. The van der Waals surface area contributed by atoms with E-state index < -0.39 is 0 Å². The third-order valence-electron chi connectivity index (χ3n) is 3.52. The Morgan fingerprint density at radius 2 is 1.89 bits per heavy atom. The predicted molar refractivity (Wildman–Crippen MR) is 76.5 cm³/mol. The molecule has 0 fully saturated rings. The van der Waals surface area contributed by atoms with Crippen LogP contribution in [0.5, 0.6) is 0 Å². The van der Waals surface area contributed by atoms with Crippen molar-refractivity contribution in [3.8, 4) is 0 Å². The van der Waals surface area contributed by atoms with E-state index in [2.05, 4.69) is 26.1 Å². The lowest BCUT2D eigenvalue weighted by Crippen LogP contribution is -2.23. The van der Waals surface area contributed by atoms with Gasteiger partial charge in [0.2, 0.25) is 0 Å². The van der Waals surface area contributed by atoms with Gasteiger partial charge < -0.3 is 5.32 Å². The van der Waals surface area contributed by atoms with E-state index in [1.807, 2.05) is 6.07 Å². The van der Waals surface area contributed by atoms with Gasteiger partial charge in [-0.25, -0.2) is 4.39 Å². The zero-order chi connectivity index (χ0) is 13.5. The second-order valence-corrected chi connectivity index (χ2v) is 5.11. The van der Waals surface area contributed by atoms with E-state index in [0.29, 0.717) is 5.92 Å². The first-order valence-corrected chi connectivity index (χ1v) is 7.18. The van der Waals surface area contributed by atoms with E-state index in [4.69, 9.17) is 11.6 Å². The Bertz CT molecular complexity index is 364. The van der Waals surface area contributed by atoms with Crippen LogP contribution in [-0.4, -0.2) is 6.54 Å². The zero-order valence-corrected chi connectivity index (χ0v) is 12.2. The van der Waals surface area contributed by atoms with Crippen molar-refractivity contribution in [1.82, 2.24) is 5.32 Å². The highest BCUT2D eigenvalue weighted by Crippen LogP contribution is 2.27. The molecule has 0 aliphatic carbocycles. The molecule has 1 aromatic rings. The van der Waals surface area contributed by atoms with Gasteiger partial charge in [0, 0.05) is 6.04 Å². The average molecular weight is 272 g/mol. The molecule has 1 atom stereocenters. The predicted octanol–water partition coefficient (Wildman–Crippen LogP) is 4.96. The normalized spacial score (nSPS) is 13.0. The summed E-state index contributed by atoms with van der Waals surface area (Å²) < 4.78 is 13.5. The maximum Gasteiger partial charge on any atom is 0.142 e. The first-order chi connectivity index (χ1) is 8.62. The molecule has 0 aliphatic heterocycles. The van der Waals surface area contributed by atoms with Gasteiger partial charge in [-0.15, -0.1) is 0 Å². The standard InChI is InChI=1S/C15H23ClFN/c1-4-11(5-2)9-15(18-6-3)12-7-8-13(16)14(17)10-12/h7-8,10-11,15,18H,4-6,9H2,1-3H3. The second kappa shape index (κ2) is 7.75. The summed E-state index contributed by atoms with van der Waals surface area (Å²) in [5.74, 6) is 0.342. The molecule has 0 heterocycles. The molecule has 0 aliphatic rings. The second-order valence-electron chi connectivity index (χ2n) is 4.70. The van der Waals surface area contributed by atoms with E-state index in [1.165, 1.54) is 0 Å². The van der Waals surface area contributed by atoms with Crippen molar-refractivity contribution in [3.63, 3.8) is 0 Å². The zero-order valence-electron chi connectivity index (χ0n) is 11.5. The molecule has 0 bridgehead atoms. The van der Waals surface area contributed by atoms with Gasteiger partial charge >= 0.3 is 0 Å². The van der Waals surface area contributed by atoms with Gasteiger partial charge in [-0.05, 0) is 36.6 Å². The van der Waals surface area contributed by atoms with Gasteiger partial charge in [0.1, 0.15) is 5.82 Å². The average Bonchev–Trinajstić information content (AvgIpc) is 2.38. The fourth-order valence-electron chi connectivity index (χ4n) is 2.27. The summed E-state index contributed by atoms with van der Waals surface area (Å²) in [6, 6.07) is 5.33. The van der Waals surface area contributed by atoms with Crippen molar-refractivity contribution in [1.29, 1.82) is 0 Å². The van der Waals surface area contributed by atoms with Crippen molar-refractivity contribution in [2.24, 2.45) is 5.92 Å². The molecule has 3 heteroatoms. The summed E-state index contributed by atoms with van der Waals surface area (Å²) in [7, 11) is 0. The summed E-state index contributed by atoms with van der Waals surface area (Å²) in [6.07, 6.45) is 3.37. The van der Waals surface area contributed by atoms with Crippen molar-refractivity contribution in [2.75, 3.05) is 6.54 Å². The number of halogens is 2. The van der Waals surface area contributed by atoms with Crippen LogP contribution >= 0.6 is 11.6 Å². The van der Waals surface area contributed by atoms with Gasteiger partial charge in [0.15, 0.2) is 0 Å². The Labute approximate surface area is 115 Å². The Morgan fingerprint density at radius 1 is 1.22 bits per heavy atom. The fourth-order valence-corrected chi connectivity index (χ4v) is 2.39. The van der Waals surface area contributed by atoms with Crippen molar-refractivity contribution in [2.45, 2.75) is 46.1 Å². The highest BCUT2D eigenvalue weighted by Gasteiger charge is 2.16. The van der Waals surface area contributed by atoms with Crippen LogP contribution in [0.3, 0.4) is 0 Å². The molecule has 0 radical (unpaired) electrons. The molecule has 1 unspecified atom stereocenters. The van der Waals surface area contributed by atoms with Gasteiger partial charge in [-0.3, -0.25) is 0 Å². The summed E-state index contributed by atoms with van der Waals surface area (Å²) >= 11 is 5.73. The Hall–Kier alpha value is -0.600. The highest BCUT2D eigenvalue weighted by molar-refractivity contribution is 6.30. The molecule has 0 amide bonds. The number of hydrogen-bond acceptors (Lipinski definition) is 1. The van der Waals surface area contributed by atoms with Crippen LogP contribution in [0.15, 0.2) is 18.2 Å². The van der Waals surface area contributed by atoms with Crippen molar-refractivity contribution < 1.29 is 4.39 Å². The molecule has 0 spiro atoms. The van der Waals surface area contributed by atoms with E-state index in [1.54, 1.807) is 12.1 Å². The van der Waals surface area contributed by atoms with E-state index in [0.717, 1.165) is 31.4 Å². The summed E-state index contributed by atoms with van der Waals surface area (Å²) in [4.78, 5) is 0. The van der Waals surface area contributed by atoms with E-state index in [9.17, 15) is 4.39 Å². The topological polar surface area (TPSA) is 12.0 Å². The van der Waals surface area contributed by atoms with Crippen molar-refractivity contribution in [3.05, 3.63) is 34.6 Å². The lowest BCUT2D eigenvalue weighted by Gasteiger charge is -2.23. The molecular formula is C15H23ClFN. The lowest BCUT2D eigenvalue weighted by atomic mass is 9.91. The summed E-state index contributed by atoms with van der Waals surface area (Å²) in [6.45, 7) is 7.38. The molecule has 102 valence electrons. The Balaban J connectivity index is 2.85. The molecule has 0 saturated heterocycles. The van der Waals surface area contributed by atoms with Crippen molar-refractivity contribution >= 4 is 11.6 Å². The first kappa shape index (κ1) is 15.5. The van der Waals surface area contributed by atoms with Crippen LogP contribution in [0.25, 0.3) is 0 Å². The SMILES string of the molecule is CCNC(CC(CC)CC)c1ccc(Cl)c(F)c1. The van der Waals surface area contributed by atoms with Gasteiger partial charge in [0.25, 0.3) is 0 Å². The molecule has 1 nitrogen and oxygen atoms in total. The Kier molecular flexibility index (Phi) is 6.66. The van der Waals surface area contributed by atoms with Crippen LogP contribution in [0.2, 0.25) is 5.02 Å². The van der Waals surface area contributed by atoms with E-state index >= 15 is 0 Å². The quantitative estimate of drug-likeness (QED) is 0.739. The van der Waals surface area contributed by atoms with Gasteiger partial charge in [-0.2, -0.15) is 0 Å². The largest absolute Gasteiger partial charge is 0.310 e. The minimum Gasteiger partial charge on any atom is -0.310 e. The maximum atomic E-state index is 13.5. The minimum absolute atomic E-state index is 0.191. The molecule has 0 saturated carbocycles.